The van der Waals surface area contributed by atoms with Gasteiger partial charge in [-0.05, 0) is 6.92 Å². The molecule has 7 heteroatoms. The third kappa shape index (κ3) is 4.47. The number of carbonyl (C=O) groups is 1. The van der Waals surface area contributed by atoms with Crippen LogP contribution in [0.25, 0.3) is 0 Å². The SMILES string of the molecule is COC[C@@H](OC)[C@@H](OC)[C@H](OC)[C@](O)(COC)C(C)=O. The molecule has 0 fully saturated rings. The number of rotatable bonds is 11. The van der Waals surface area contributed by atoms with Crippen molar-refractivity contribution in [3.8, 4) is 0 Å². The van der Waals surface area contributed by atoms with Gasteiger partial charge in [-0.1, -0.05) is 0 Å². The maximum Gasteiger partial charge on any atom is 0.174 e. The van der Waals surface area contributed by atoms with Gasteiger partial charge in [0.05, 0.1) is 13.2 Å². The van der Waals surface area contributed by atoms with Crippen LogP contribution in [-0.2, 0) is 28.5 Å². The van der Waals surface area contributed by atoms with Crippen LogP contribution in [0.1, 0.15) is 6.92 Å². The summed E-state index contributed by atoms with van der Waals surface area (Å²) in [6.07, 6.45) is -2.16. The van der Waals surface area contributed by atoms with Crippen molar-refractivity contribution < 1.29 is 33.6 Å². The summed E-state index contributed by atoms with van der Waals surface area (Å²) in [7, 11) is 7.25. The van der Waals surface area contributed by atoms with Gasteiger partial charge < -0.3 is 28.8 Å². The monoisotopic (exact) mass is 294 g/mol. The Hall–Kier alpha value is -0.570. The molecule has 0 spiro atoms. The minimum atomic E-state index is -1.82. The minimum absolute atomic E-state index is 0.204. The molecule has 0 aliphatic rings. The fourth-order valence-electron chi connectivity index (χ4n) is 2.14. The third-order valence-electron chi connectivity index (χ3n) is 3.27. The molecule has 0 radical (unpaired) electrons. The van der Waals surface area contributed by atoms with Gasteiger partial charge in [0.1, 0.15) is 18.3 Å². The molecule has 0 saturated carbocycles. The number of hydrogen-bond acceptors (Lipinski definition) is 7. The number of carbonyl (C=O) groups excluding carboxylic acids is 1. The molecule has 0 aromatic heterocycles. The van der Waals surface area contributed by atoms with Gasteiger partial charge in [-0.25, -0.2) is 0 Å². The summed E-state index contributed by atoms with van der Waals surface area (Å²) in [6.45, 7) is 1.30. The Balaban J connectivity index is 5.39. The number of Topliss-reactive ketones (excluding diaryl/α,β-unsaturated/α-hetero) is 1. The van der Waals surface area contributed by atoms with Crippen molar-refractivity contribution in [2.45, 2.75) is 30.8 Å². The molecule has 0 aliphatic heterocycles. The van der Waals surface area contributed by atoms with E-state index in [4.69, 9.17) is 23.7 Å². The Bertz CT molecular complexity index is 284. The average Bonchev–Trinajstić information content (AvgIpc) is 2.42. The number of hydrogen-bond donors (Lipinski definition) is 1. The van der Waals surface area contributed by atoms with Crippen LogP contribution in [0.15, 0.2) is 0 Å². The first-order chi connectivity index (χ1) is 9.42. The molecule has 0 saturated heterocycles. The van der Waals surface area contributed by atoms with E-state index in [0.29, 0.717) is 0 Å². The van der Waals surface area contributed by atoms with Crippen molar-refractivity contribution in [2.24, 2.45) is 0 Å². The highest BCUT2D eigenvalue weighted by Gasteiger charge is 2.49. The van der Waals surface area contributed by atoms with Gasteiger partial charge in [0.25, 0.3) is 0 Å². The van der Waals surface area contributed by atoms with Crippen LogP contribution >= 0.6 is 0 Å². The molecule has 0 aliphatic carbocycles. The van der Waals surface area contributed by atoms with Gasteiger partial charge >= 0.3 is 0 Å². The van der Waals surface area contributed by atoms with Gasteiger partial charge in [-0.15, -0.1) is 0 Å². The quantitative estimate of drug-likeness (QED) is 0.557. The summed E-state index contributed by atoms with van der Waals surface area (Å²) < 4.78 is 25.9. The summed E-state index contributed by atoms with van der Waals surface area (Å²) in [5.41, 5.74) is -1.82. The molecule has 0 bridgehead atoms. The summed E-state index contributed by atoms with van der Waals surface area (Å²) in [4.78, 5) is 11.8. The van der Waals surface area contributed by atoms with Gasteiger partial charge in [0, 0.05) is 35.5 Å². The zero-order valence-electron chi connectivity index (χ0n) is 13.0. The second kappa shape index (κ2) is 9.38. The van der Waals surface area contributed by atoms with Crippen molar-refractivity contribution >= 4 is 5.78 Å². The summed E-state index contributed by atoms with van der Waals surface area (Å²) in [5, 5.41) is 10.6. The number of ketones is 1. The summed E-state index contributed by atoms with van der Waals surface area (Å²) in [5.74, 6) is -0.472. The van der Waals surface area contributed by atoms with Crippen LogP contribution in [0.5, 0.6) is 0 Å². The third-order valence-corrected chi connectivity index (χ3v) is 3.27. The molecule has 4 atom stereocenters. The second-order valence-electron chi connectivity index (χ2n) is 4.50. The van der Waals surface area contributed by atoms with Crippen molar-refractivity contribution in [3.05, 3.63) is 0 Å². The van der Waals surface area contributed by atoms with E-state index in [1.54, 1.807) is 0 Å². The zero-order valence-corrected chi connectivity index (χ0v) is 13.0. The summed E-state index contributed by atoms with van der Waals surface area (Å²) >= 11 is 0. The highest BCUT2D eigenvalue weighted by Crippen LogP contribution is 2.24. The lowest BCUT2D eigenvalue weighted by Crippen LogP contribution is -2.61. The van der Waals surface area contributed by atoms with Gasteiger partial charge in [-0.3, -0.25) is 4.79 Å². The minimum Gasteiger partial charge on any atom is -0.382 e. The maximum absolute atomic E-state index is 11.8. The lowest BCUT2D eigenvalue weighted by atomic mass is 9.87. The molecular weight excluding hydrogens is 268 g/mol. The van der Waals surface area contributed by atoms with Crippen LogP contribution in [-0.4, -0.2) is 83.6 Å². The van der Waals surface area contributed by atoms with Crippen molar-refractivity contribution in [3.63, 3.8) is 0 Å². The molecule has 7 nitrogen and oxygen atoms in total. The molecule has 0 heterocycles. The Morgan fingerprint density at radius 2 is 1.65 bits per heavy atom. The van der Waals surface area contributed by atoms with E-state index in [2.05, 4.69) is 0 Å². The zero-order chi connectivity index (χ0) is 15.8. The summed E-state index contributed by atoms with van der Waals surface area (Å²) in [6, 6.07) is 0. The molecule has 0 amide bonds. The van der Waals surface area contributed by atoms with E-state index >= 15 is 0 Å². The van der Waals surface area contributed by atoms with Crippen LogP contribution in [0.2, 0.25) is 0 Å². The van der Waals surface area contributed by atoms with E-state index in [0.717, 1.165) is 0 Å². The standard InChI is InChI=1S/C13H26O7/c1-9(14)13(15,8-17-3)12(20-6)11(19-5)10(18-4)7-16-2/h10-12,15H,7-8H2,1-6H3/t10-,11-,12+,13+/m1/s1. The Morgan fingerprint density at radius 1 is 1.05 bits per heavy atom. The van der Waals surface area contributed by atoms with E-state index in [1.807, 2.05) is 0 Å². The van der Waals surface area contributed by atoms with E-state index in [1.165, 1.54) is 42.5 Å². The highest BCUT2D eigenvalue weighted by molar-refractivity contribution is 5.85. The Morgan fingerprint density at radius 3 is 1.95 bits per heavy atom. The van der Waals surface area contributed by atoms with Gasteiger partial charge in [-0.2, -0.15) is 0 Å². The van der Waals surface area contributed by atoms with Crippen molar-refractivity contribution in [2.75, 3.05) is 48.8 Å². The number of aliphatic hydroxyl groups is 1. The van der Waals surface area contributed by atoms with Crippen molar-refractivity contribution in [1.82, 2.24) is 0 Å². The smallest absolute Gasteiger partial charge is 0.174 e. The molecule has 120 valence electrons. The molecule has 0 rings (SSSR count). The van der Waals surface area contributed by atoms with Gasteiger partial charge in [0.15, 0.2) is 11.4 Å². The molecule has 0 aromatic rings. The Labute approximate surface area is 120 Å². The lowest BCUT2D eigenvalue weighted by Gasteiger charge is -2.39. The second-order valence-corrected chi connectivity index (χ2v) is 4.50. The Kier molecular flexibility index (Phi) is 9.11. The highest BCUT2D eigenvalue weighted by atomic mass is 16.6. The normalized spacial score (nSPS) is 19.1. The van der Waals surface area contributed by atoms with Crippen LogP contribution in [0.3, 0.4) is 0 Å². The molecule has 0 unspecified atom stereocenters. The first-order valence-corrected chi connectivity index (χ1v) is 6.22. The van der Waals surface area contributed by atoms with E-state index in [-0.39, 0.29) is 13.2 Å². The maximum atomic E-state index is 11.8. The fraction of sp³-hybridized carbons (Fsp3) is 0.923. The molecule has 20 heavy (non-hydrogen) atoms. The van der Waals surface area contributed by atoms with Gasteiger partial charge in [0.2, 0.25) is 0 Å². The van der Waals surface area contributed by atoms with E-state index < -0.39 is 29.7 Å². The van der Waals surface area contributed by atoms with Crippen LogP contribution < -0.4 is 0 Å². The molecule has 1 N–H and O–H groups in total. The topological polar surface area (TPSA) is 83.5 Å². The van der Waals surface area contributed by atoms with Crippen molar-refractivity contribution in [1.29, 1.82) is 0 Å². The lowest BCUT2D eigenvalue weighted by molar-refractivity contribution is -0.200. The average molecular weight is 294 g/mol. The van der Waals surface area contributed by atoms with Crippen LogP contribution in [0.4, 0.5) is 0 Å². The predicted octanol–water partition coefficient (Wildman–Crippen LogP) is -0.356. The first kappa shape index (κ1) is 19.4. The first-order valence-electron chi connectivity index (χ1n) is 6.22. The van der Waals surface area contributed by atoms with Crippen LogP contribution in [0, 0.1) is 0 Å². The molecular formula is C13H26O7. The fourth-order valence-corrected chi connectivity index (χ4v) is 2.14. The number of methoxy groups -OCH3 is 5. The van der Waals surface area contributed by atoms with E-state index in [9.17, 15) is 9.90 Å². The predicted molar refractivity (Wildman–Crippen MR) is 71.8 cm³/mol. The molecule has 0 aromatic carbocycles. The largest absolute Gasteiger partial charge is 0.382 e. The number of ether oxygens (including phenoxy) is 5.